The molecule has 1 nitrogen and oxygen atoms in total. The van der Waals surface area contributed by atoms with E-state index in [4.69, 9.17) is 0 Å². The molecule has 9 heavy (non-hydrogen) atoms. The van der Waals surface area contributed by atoms with Crippen LogP contribution in [0.1, 0.15) is 32.1 Å². The summed E-state index contributed by atoms with van der Waals surface area (Å²) in [5, 5.41) is 9.25. The molecule has 0 heterocycles. The van der Waals surface area contributed by atoms with Gasteiger partial charge in [0.1, 0.15) is 0 Å². The Labute approximate surface area is 56.1 Å². The van der Waals surface area contributed by atoms with Gasteiger partial charge in [0.25, 0.3) is 0 Å². The lowest BCUT2D eigenvalue weighted by Gasteiger charge is -1.94. The number of rotatable bonds is 0. The van der Waals surface area contributed by atoms with Crippen LogP contribution in [0.3, 0.4) is 0 Å². The highest BCUT2D eigenvalue weighted by Gasteiger charge is 2.48. The minimum absolute atomic E-state index is 0.102. The van der Waals surface area contributed by atoms with Crippen LogP contribution in [0.15, 0.2) is 0 Å². The van der Waals surface area contributed by atoms with E-state index in [1.54, 1.807) is 0 Å². The third-order valence-corrected chi connectivity index (χ3v) is 2.86. The van der Waals surface area contributed by atoms with E-state index in [0.29, 0.717) is 11.8 Å². The van der Waals surface area contributed by atoms with Gasteiger partial charge in [-0.25, -0.2) is 0 Å². The highest BCUT2D eigenvalue weighted by Crippen LogP contribution is 2.48. The van der Waals surface area contributed by atoms with Gasteiger partial charge in [-0.2, -0.15) is 0 Å². The standard InChI is InChI=1S/C8H14O/c9-8-6-4-2-1-3-5-7(6)8/h6-9H,1-5H2. The maximum Gasteiger partial charge on any atom is 0.0603 e. The van der Waals surface area contributed by atoms with Gasteiger partial charge in [-0.3, -0.25) is 0 Å². The van der Waals surface area contributed by atoms with E-state index in [-0.39, 0.29) is 6.10 Å². The van der Waals surface area contributed by atoms with Crippen LogP contribution in [0.4, 0.5) is 0 Å². The second-order valence-corrected chi connectivity index (χ2v) is 3.46. The van der Waals surface area contributed by atoms with Crippen molar-refractivity contribution in [1.29, 1.82) is 0 Å². The second-order valence-electron chi connectivity index (χ2n) is 3.46. The SMILES string of the molecule is OC1C2CCCCCC12. The number of aliphatic hydroxyl groups is 1. The molecule has 2 unspecified atom stereocenters. The molecule has 0 bridgehead atoms. The van der Waals surface area contributed by atoms with E-state index in [1.807, 2.05) is 0 Å². The van der Waals surface area contributed by atoms with Crippen molar-refractivity contribution in [2.45, 2.75) is 38.2 Å². The first-order valence-electron chi connectivity index (χ1n) is 4.07. The molecule has 1 N–H and O–H groups in total. The number of hydrogen-bond donors (Lipinski definition) is 1. The fourth-order valence-electron chi connectivity index (χ4n) is 2.13. The zero-order chi connectivity index (χ0) is 6.27. The Kier molecular flexibility index (Phi) is 1.26. The van der Waals surface area contributed by atoms with Crippen LogP contribution < -0.4 is 0 Å². The van der Waals surface area contributed by atoms with E-state index in [0.717, 1.165) is 0 Å². The molecule has 0 amide bonds. The Hall–Kier alpha value is -0.0400. The Morgan fingerprint density at radius 3 is 2.00 bits per heavy atom. The molecule has 2 atom stereocenters. The van der Waals surface area contributed by atoms with Crippen molar-refractivity contribution >= 4 is 0 Å². The zero-order valence-corrected chi connectivity index (χ0v) is 5.71. The van der Waals surface area contributed by atoms with Crippen LogP contribution in [0, 0.1) is 11.8 Å². The van der Waals surface area contributed by atoms with Crippen molar-refractivity contribution in [1.82, 2.24) is 0 Å². The molecular weight excluding hydrogens is 112 g/mol. The molecule has 2 aliphatic rings. The predicted molar refractivity (Wildman–Crippen MR) is 36.1 cm³/mol. The summed E-state index contributed by atoms with van der Waals surface area (Å²) in [5.41, 5.74) is 0. The van der Waals surface area contributed by atoms with Crippen molar-refractivity contribution in [3.63, 3.8) is 0 Å². The molecule has 0 spiro atoms. The summed E-state index contributed by atoms with van der Waals surface area (Å²) in [5.74, 6) is 1.43. The van der Waals surface area contributed by atoms with Gasteiger partial charge >= 0.3 is 0 Å². The lowest BCUT2D eigenvalue weighted by atomic mass is 10.1. The van der Waals surface area contributed by atoms with Gasteiger partial charge in [-0.05, 0) is 24.7 Å². The lowest BCUT2D eigenvalue weighted by molar-refractivity contribution is 0.239. The van der Waals surface area contributed by atoms with Gasteiger partial charge < -0.3 is 5.11 Å². The minimum Gasteiger partial charge on any atom is -0.393 e. The van der Waals surface area contributed by atoms with Crippen molar-refractivity contribution in [2.75, 3.05) is 0 Å². The van der Waals surface area contributed by atoms with Crippen molar-refractivity contribution < 1.29 is 5.11 Å². The third kappa shape index (κ3) is 0.877. The lowest BCUT2D eigenvalue weighted by Crippen LogP contribution is -1.87. The van der Waals surface area contributed by atoms with Crippen molar-refractivity contribution in [2.24, 2.45) is 11.8 Å². The van der Waals surface area contributed by atoms with Crippen molar-refractivity contribution in [3.8, 4) is 0 Å². The molecule has 2 rings (SSSR count). The summed E-state index contributed by atoms with van der Waals surface area (Å²) < 4.78 is 0. The molecule has 0 saturated heterocycles. The monoisotopic (exact) mass is 126 g/mol. The van der Waals surface area contributed by atoms with Gasteiger partial charge in [0, 0.05) is 0 Å². The van der Waals surface area contributed by atoms with Gasteiger partial charge in [0.05, 0.1) is 6.10 Å². The fourth-order valence-corrected chi connectivity index (χ4v) is 2.13. The van der Waals surface area contributed by atoms with Crippen LogP contribution in [-0.2, 0) is 0 Å². The molecular formula is C8H14O. The average molecular weight is 126 g/mol. The number of hydrogen-bond acceptors (Lipinski definition) is 1. The highest BCUT2D eigenvalue weighted by molar-refractivity contribution is 4.97. The van der Waals surface area contributed by atoms with E-state index < -0.39 is 0 Å². The van der Waals surface area contributed by atoms with E-state index >= 15 is 0 Å². The zero-order valence-electron chi connectivity index (χ0n) is 5.71. The second kappa shape index (κ2) is 1.98. The predicted octanol–water partition coefficient (Wildman–Crippen LogP) is 1.56. The topological polar surface area (TPSA) is 20.2 Å². The highest BCUT2D eigenvalue weighted by atomic mass is 16.3. The minimum atomic E-state index is 0.102. The van der Waals surface area contributed by atoms with Crippen LogP contribution in [0.2, 0.25) is 0 Å². The van der Waals surface area contributed by atoms with Gasteiger partial charge in [0.15, 0.2) is 0 Å². The van der Waals surface area contributed by atoms with Crippen LogP contribution in [0.25, 0.3) is 0 Å². The van der Waals surface area contributed by atoms with Crippen LogP contribution in [0.5, 0.6) is 0 Å². The van der Waals surface area contributed by atoms with E-state index in [1.165, 1.54) is 32.1 Å². The van der Waals surface area contributed by atoms with Gasteiger partial charge in [0.2, 0.25) is 0 Å². The summed E-state index contributed by atoms with van der Waals surface area (Å²) in [7, 11) is 0. The molecule has 1 heteroatoms. The maximum absolute atomic E-state index is 9.25. The summed E-state index contributed by atoms with van der Waals surface area (Å²) >= 11 is 0. The Morgan fingerprint density at radius 2 is 1.44 bits per heavy atom. The largest absolute Gasteiger partial charge is 0.393 e. The molecule has 0 aliphatic heterocycles. The summed E-state index contributed by atoms with van der Waals surface area (Å²) in [6.45, 7) is 0. The average Bonchev–Trinajstić information content (AvgIpc) is 2.51. The van der Waals surface area contributed by atoms with E-state index in [2.05, 4.69) is 0 Å². The van der Waals surface area contributed by atoms with Gasteiger partial charge in [-0.15, -0.1) is 0 Å². The molecule has 2 saturated carbocycles. The maximum atomic E-state index is 9.25. The smallest absolute Gasteiger partial charge is 0.0603 e. The first kappa shape index (κ1) is 5.72. The summed E-state index contributed by atoms with van der Waals surface area (Å²) in [6, 6.07) is 0. The molecule has 2 aliphatic carbocycles. The normalized spacial score (nSPS) is 49.7. The Morgan fingerprint density at radius 1 is 0.889 bits per heavy atom. The first-order valence-corrected chi connectivity index (χ1v) is 4.07. The number of fused-ring (bicyclic) bond motifs is 1. The molecule has 0 aromatic carbocycles. The molecule has 0 radical (unpaired) electrons. The van der Waals surface area contributed by atoms with Crippen LogP contribution in [-0.4, -0.2) is 11.2 Å². The number of aliphatic hydroxyl groups excluding tert-OH is 1. The summed E-state index contributed by atoms with van der Waals surface area (Å²) in [4.78, 5) is 0. The first-order chi connectivity index (χ1) is 4.39. The van der Waals surface area contributed by atoms with Crippen LogP contribution >= 0.6 is 0 Å². The molecule has 0 aromatic heterocycles. The van der Waals surface area contributed by atoms with Crippen molar-refractivity contribution in [3.05, 3.63) is 0 Å². The Bertz CT molecular complexity index is 99.1. The molecule has 0 aromatic rings. The quantitative estimate of drug-likeness (QED) is 0.522. The summed E-state index contributed by atoms with van der Waals surface area (Å²) in [6.07, 6.45) is 6.82. The fraction of sp³-hybridized carbons (Fsp3) is 1.00. The third-order valence-electron chi connectivity index (χ3n) is 2.86. The van der Waals surface area contributed by atoms with E-state index in [9.17, 15) is 5.11 Å². The van der Waals surface area contributed by atoms with Gasteiger partial charge in [-0.1, -0.05) is 19.3 Å². The molecule has 2 fully saturated rings. The molecule has 52 valence electrons. The Balaban J connectivity index is 1.93.